The standard InChI is InChI=1S/C18H16O5/c19-14(12-4-2-1-3-5-12)7-8-15(20)13-6-9-16-18(17(13)21)23-11-10-22-16/h1-6,9,21H,7-8,10-11H2. The van der Waals surface area contributed by atoms with Gasteiger partial charge in [-0.2, -0.15) is 0 Å². The van der Waals surface area contributed by atoms with Crippen molar-refractivity contribution in [2.24, 2.45) is 0 Å². The van der Waals surface area contributed by atoms with Gasteiger partial charge in [0.15, 0.2) is 23.1 Å². The Balaban J connectivity index is 1.70. The predicted octanol–water partition coefficient (Wildman–Crippen LogP) is 3.01. The highest BCUT2D eigenvalue weighted by Gasteiger charge is 2.22. The third-order valence-electron chi connectivity index (χ3n) is 3.66. The largest absolute Gasteiger partial charge is 0.504 e. The van der Waals surface area contributed by atoms with Crippen LogP contribution in [0.1, 0.15) is 33.6 Å². The van der Waals surface area contributed by atoms with Crippen LogP contribution in [0.2, 0.25) is 0 Å². The quantitative estimate of drug-likeness (QED) is 0.859. The predicted molar refractivity (Wildman–Crippen MR) is 83.4 cm³/mol. The Kier molecular flexibility index (Phi) is 4.28. The maximum Gasteiger partial charge on any atom is 0.204 e. The first-order valence-corrected chi connectivity index (χ1v) is 7.40. The Labute approximate surface area is 133 Å². The van der Waals surface area contributed by atoms with E-state index in [-0.39, 0.29) is 41.5 Å². The van der Waals surface area contributed by atoms with E-state index >= 15 is 0 Å². The Hall–Kier alpha value is -2.82. The minimum absolute atomic E-state index is 0.0287. The van der Waals surface area contributed by atoms with Gasteiger partial charge in [-0.3, -0.25) is 9.59 Å². The van der Waals surface area contributed by atoms with Crippen LogP contribution in [-0.2, 0) is 0 Å². The fourth-order valence-corrected chi connectivity index (χ4v) is 2.46. The summed E-state index contributed by atoms with van der Waals surface area (Å²) in [5.41, 5.74) is 0.724. The van der Waals surface area contributed by atoms with Crippen molar-refractivity contribution in [3.05, 3.63) is 53.6 Å². The van der Waals surface area contributed by atoms with E-state index in [2.05, 4.69) is 0 Å². The number of fused-ring (bicyclic) bond motifs is 1. The van der Waals surface area contributed by atoms with Gasteiger partial charge in [0.2, 0.25) is 5.75 Å². The minimum Gasteiger partial charge on any atom is -0.504 e. The molecule has 0 fully saturated rings. The summed E-state index contributed by atoms with van der Waals surface area (Å²) in [5.74, 6) is -0.0127. The number of phenols is 1. The normalized spacial score (nSPS) is 12.7. The number of rotatable bonds is 5. The van der Waals surface area contributed by atoms with E-state index in [9.17, 15) is 14.7 Å². The lowest BCUT2D eigenvalue weighted by Crippen LogP contribution is -2.16. The minimum atomic E-state index is -0.302. The van der Waals surface area contributed by atoms with Gasteiger partial charge in [-0.1, -0.05) is 30.3 Å². The first-order chi connectivity index (χ1) is 11.2. The number of benzene rings is 2. The lowest BCUT2D eigenvalue weighted by Gasteiger charge is -2.20. The molecule has 1 aliphatic heterocycles. The second-order valence-corrected chi connectivity index (χ2v) is 5.20. The first kappa shape index (κ1) is 15.1. The Morgan fingerprint density at radius 2 is 1.61 bits per heavy atom. The Bertz CT molecular complexity index is 737. The van der Waals surface area contributed by atoms with Crippen LogP contribution in [0, 0.1) is 0 Å². The molecule has 23 heavy (non-hydrogen) atoms. The number of carbonyl (C=O) groups is 2. The highest BCUT2D eigenvalue weighted by atomic mass is 16.6. The van der Waals surface area contributed by atoms with E-state index in [1.807, 2.05) is 6.07 Å². The average Bonchev–Trinajstić information content (AvgIpc) is 2.60. The second kappa shape index (κ2) is 6.52. The molecule has 1 N–H and O–H groups in total. The molecule has 0 aliphatic carbocycles. The summed E-state index contributed by atoms with van der Waals surface area (Å²) < 4.78 is 10.7. The number of aromatic hydroxyl groups is 1. The van der Waals surface area contributed by atoms with Crippen LogP contribution in [0.5, 0.6) is 17.2 Å². The molecule has 0 radical (unpaired) electrons. The van der Waals surface area contributed by atoms with Crippen LogP contribution in [0.15, 0.2) is 42.5 Å². The van der Waals surface area contributed by atoms with E-state index in [4.69, 9.17) is 9.47 Å². The summed E-state index contributed by atoms with van der Waals surface area (Å²) in [7, 11) is 0. The zero-order chi connectivity index (χ0) is 16.2. The molecule has 1 heterocycles. The van der Waals surface area contributed by atoms with Gasteiger partial charge >= 0.3 is 0 Å². The zero-order valence-corrected chi connectivity index (χ0v) is 12.5. The van der Waals surface area contributed by atoms with Gasteiger partial charge in [0.05, 0.1) is 5.56 Å². The van der Waals surface area contributed by atoms with E-state index in [1.165, 1.54) is 6.07 Å². The van der Waals surface area contributed by atoms with E-state index in [0.29, 0.717) is 24.5 Å². The monoisotopic (exact) mass is 312 g/mol. The van der Waals surface area contributed by atoms with Crippen molar-refractivity contribution in [3.8, 4) is 17.2 Å². The summed E-state index contributed by atoms with van der Waals surface area (Å²) in [6.07, 6.45) is 0.123. The molecular formula is C18H16O5. The lowest BCUT2D eigenvalue weighted by atomic mass is 10.0. The van der Waals surface area contributed by atoms with Gasteiger partial charge in [-0.15, -0.1) is 0 Å². The third-order valence-corrected chi connectivity index (χ3v) is 3.66. The van der Waals surface area contributed by atoms with Crippen LogP contribution >= 0.6 is 0 Å². The lowest BCUT2D eigenvalue weighted by molar-refractivity contribution is 0.0914. The molecule has 2 aromatic carbocycles. The van der Waals surface area contributed by atoms with E-state index in [0.717, 1.165) is 0 Å². The molecule has 3 rings (SSSR count). The maximum atomic E-state index is 12.3. The molecule has 0 aromatic heterocycles. The van der Waals surface area contributed by atoms with Crippen molar-refractivity contribution in [1.29, 1.82) is 0 Å². The highest BCUT2D eigenvalue weighted by molar-refractivity contribution is 6.04. The fourth-order valence-electron chi connectivity index (χ4n) is 2.46. The number of hydrogen-bond acceptors (Lipinski definition) is 5. The molecule has 5 heteroatoms. The number of carbonyl (C=O) groups excluding carboxylic acids is 2. The molecule has 2 aromatic rings. The van der Waals surface area contributed by atoms with Gasteiger partial charge < -0.3 is 14.6 Å². The molecule has 0 amide bonds. The molecule has 118 valence electrons. The Morgan fingerprint density at radius 3 is 2.39 bits per heavy atom. The van der Waals surface area contributed by atoms with Crippen LogP contribution in [0.3, 0.4) is 0 Å². The van der Waals surface area contributed by atoms with Crippen molar-refractivity contribution < 1.29 is 24.2 Å². The second-order valence-electron chi connectivity index (χ2n) is 5.20. The van der Waals surface area contributed by atoms with Crippen LogP contribution in [0.4, 0.5) is 0 Å². The number of phenolic OH excluding ortho intramolecular Hbond substituents is 1. The van der Waals surface area contributed by atoms with E-state index < -0.39 is 0 Å². The average molecular weight is 312 g/mol. The van der Waals surface area contributed by atoms with Gasteiger partial charge in [0, 0.05) is 18.4 Å². The van der Waals surface area contributed by atoms with Crippen LogP contribution in [-0.4, -0.2) is 29.9 Å². The van der Waals surface area contributed by atoms with Gasteiger partial charge in [0.1, 0.15) is 13.2 Å². The Morgan fingerprint density at radius 1 is 0.913 bits per heavy atom. The van der Waals surface area contributed by atoms with Gasteiger partial charge in [-0.25, -0.2) is 0 Å². The maximum absolute atomic E-state index is 12.3. The summed E-state index contributed by atoms with van der Waals surface area (Å²) in [4.78, 5) is 24.3. The zero-order valence-electron chi connectivity index (χ0n) is 12.5. The van der Waals surface area contributed by atoms with Crippen molar-refractivity contribution in [1.82, 2.24) is 0 Å². The first-order valence-electron chi connectivity index (χ1n) is 7.40. The molecule has 1 aliphatic rings. The molecule has 0 bridgehead atoms. The topological polar surface area (TPSA) is 72.8 Å². The van der Waals surface area contributed by atoms with Crippen molar-refractivity contribution >= 4 is 11.6 Å². The SMILES string of the molecule is O=C(CCC(=O)c1ccc2c(c1O)OCCO2)c1ccccc1. The van der Waals surface area contributed by atoms with Crippen molar-refractivity contribution in [3.63, 3.8) is 0 Å². The summed E-state index contributed by atoms with van der Waals surface area (Å²) >= 11 is 0. The number of ketones is 2. The molecule has 0 saturated heterocycles. The molecule has 0 spiro atoms. The summed E-state index contributed by atoms with van der Waals surface area (Å²) in [6.45, 7) is 0.732. The molecule has 0 saturated carbocycles. The number of Topliss-reactive ketones (excluding diaryl/α,β-unsaturated/α-hetero) is 2. The molecule has 0 atom stereocenters. The molecular weight excluding hydrogens is 296 g/mol. The number of ether oxygens (including phenoxy) is 2. The highest BCUT2D eigenvalue weighted by Crippen LogP contribution is 2.41. The van der Waals surface area contributed by atoms with Crippen molar-refractivity contribution in [2.75, 3.05) is 13.2 Å². The molecule has 5 nitrogen and oxygen atoms in total. The van der Waals surface area contributed by atoms with Crippen molar-refractivity contribution in [2.45, 2.75) is 12.8 Å². The fraction of sp³-hybridized carbons (Fsp3) is 0.222. The molecule has 0 unspecified atom stereocenters. The third kappa shape index (κ3) is 3.18. The smallest absolute Gasteiger partial charge is 0.204 e. The van der Waals surface area contributed by atoms with E-state index in [1.54, 1.807) is 30.3 Å². The summed E-state index contributed by atoms with van der Waals surface area (Å²) in [6, 6.07) is 11.9. The van der Waals surface area contributed by atoms with Crippen LogP contribution < -0.4 is 9.47 Å². The number of hydrogen-bond donors (Lipinski definition) is 1. The summed E-state index contributed by atoms with van der Waals surface area (Å²) in [5, 5.41) is 10.2. The van der Waals surface area contributed by atoms with Gasteiger partial charge in [0.25, 0.3) is 0 Å². The van der Waals surface area contributed by atoms with Crippen LogP contribution in [0.25, 0.3) is 0 Å². The van der Waals surface area contributed by atoms with Gasteiger partial charge in [-0.05, 0) is 12.1 Å².